The van der Waals surface area contributed by atoms with Gasteiger partial charge < -0.3 is 4.90 Å². The molecule has 0 radical (unpaired) electrons. The molecule has 0 bridgehead atoms. The zero-order valence-electron chi connectivity index (χ0n) is 14.0. The highest BCUT2D eigenvalue weighted by molar-refractivity contribution is 8.13. The van der Waals surface area contributed by atoms with E-state index in [-0.39, 0.29) is 17.0 Å². The molecule has 2 aromatic rings. The quantitative estimate of drug-likeness (QED) is 0.585. The second kappa shape index (κ2) is 7.77. The molecule has 2 aromatic carbocycles. The third kappa shape index (κ3) is 5.36. The molecule has 0 aliphatic heterocycles. The summed E-state index contributed by atoms with van der Waals surface area (Å²) in [5.74, 6) is -1.56. The van der Waals surface area contributed by atoms with Crippen molar-refractivity contribution in [3.8, 4) is 0 Å². The first-order chi connectivity index (χ1) is 12.4. The number of rotatable bonds is 4. The Morgan fingerprint density at radius 1 is 1.07 bits per heavy atom. The van der Waals surface area contributed by atoms with E-state index in [2.05, 4.69) is 4.72 Å². The number of thioether (sulfide) groups is 1. The van der Waals surface area contributed by atoms with Crippen LogP contribution in [0.1, 0.15) is 5.56 Å². The van der Waals surface area contributed by atoms with Gasteiger partial charge in [-0.05, 0) is 54.2 Å². The normalized spacial score (nSPS) is 11.9. The van der Waals surface area contributed by atoms with Gasteiger partial charge in [0.15, 0.2) is 0 Å². The van der Waals surface area contributed by atoms with Gasteiger partial charge in [0.05, 0.1) is 10.5 Å². The fraction of sp³-hybridized carbons (Fsp3) is 0.188. The number of hydrogen-bond donors (Lipinski definition) is 1. The summed E-state index contributed by atoms with van der Waals surface area (Å²) in [4.78, 5) is 12.8. The summed E-state index contributed by atoms with van der Waals surface area (Å²) in [5.41, 5.74) is -1.59. The predicted molar refractivity (Wildman–Crippen MR) is 93.6 cm³/mol. The van der Waals surface area contributed by atoms with Gasteiger partial charge in [-0.1, -0.05) is 0 Å². The number of benzene rings is 2. The third-order valence-corrected chi connectivity index (χ3v) is 5.66. The van der Waals surface area contributed by atoms with E-state index in [4.69, 9.17) is 0 Å². The molecule has 0 fully saturated rings. The van der Waals surface area contributed by atoms with E-state index in [1.165, 1.54) is 29.2 Å². The number of nitrogens with one attached hydrogen (secondary N) is 1. The molecule has 146 valence electrons. The molecule has 0 aliphatic carbocycles. The molecule has 0 unspecified atom stereocenters. The average molecular weight is 422 g/mol. The second-order valence-electron chi connectivity index (χ2n) is 5.53. The zero-order chi connectivity index (χ0) is 20.4. The van der Waals surface area contributed by atoms with Gasteiger partial charge in [-0.2, -0.15) is 13.2 Å². The summed E-state index contributed by atoms with van der Waals surface area (Å²) in [7, 11) is -1.20. The maximum Gasteiger partial charge on any atom is 0.419 e. The summed E-state index contributed by atoms with van der Waals surface area (Å²) >= 11 is 0.924. The monoisotopic (exact) mass is 422 g/mol. The van der Waals surface area contributed by atoms with Crippen molar-refractivity contribution in [1.29, 1.82) is 0 Å². The van der Waals surface area contributed by atoms with Crippen molar-refractivity contribution < 1.29 is 30.8 Å². The molecule has 0 aliphatic rings. The average Bonchev–Trinajstić information content (AvgIpc) is 2.55. The lowest BCUT2D eigenvalue weighted by molar-refractivity contribution is -0.140. The molecule has 11 heteroatoms. The Morgan fingerprint density at radius 2 is 1.67 bits per heavy atom. The van der Waals surface area contributed by atoms with E-state index in [0.717, 1.165) is 17.8 Å². The molecule has 0 spiro atoms. The van der Waals surface area contributed by atoms with Gasteiger partial charge in [0.25, 0.3) is 15.3 Å². The van der Waals surface area contributed by atoms with Crippen LogP contribution in [0.25, 0.3) is 0 Å². The van der Waals surface area contributed by atoms with Crippen LogP contribution in [0.5, 0.6) is 0 Å². The first-order valence-corrected chi connectivity index (χ1v) is 9.59. The van der Waals surface area contributed by atoms with E-state index in [1.54, 1.807) is 14.1 Å². The topological polar surface area (TPSA) is 66.5 Å². The highest BCUT2D eigenvalue weighted by atomic mass is 32.2. The number of alkyl halides is 3. The van der Waals surface area contributed by atoms with Crippen molar-refractivity contribution in [1.82, 2.24) is 4.90 Å². The van der Waals surface area contributed by atoms with Gasteiger partial charge in [-0.3, -0.25) is 9.52 Å². The van der Waals surface area contributed by atoms with Crippen LogP contribution in [-0.2, 0) is 16.2 Å². The van der Waals surface area contributed by atoms with Crippen LogP contribution in [0.4, 0.5) is 28.0 Å². The minimum absolute atomic E-state index is 0.0783. The lowest BCUT2D eigenvalue weighted by Crippen LogP contribution is -2.16. The first-order valence-electron chi connectivity index (χ1n) is 7.29. The van der Waals surface area contributed by atoms with Crippen molar-refractivity contribution in [3.63, 3.8) is 0 Å². The number of carbonyl (C=O) groups excluding carboxylic acids is 1. The van der Waals surface area contributed by atoms with E-state index in [1.807, 2.05) is 0 Å². The maximum absolute atomic E-state index is 13.3. The number of halogens is 4. The van der Waals surface area contributed by atoms with Crippen LogP contribution in [-0.4, -0.2) is 32.7 Å². The Hall–Kier alpha value is -2.27. The highest BCUT2D eigenvalue weighted by Crippen LogP contribution is 2.33. The molecular weight excluding hydrogens is 408 g/mol. The van der Waals surface area contributed by atoms with Crippen molar-refractivity contribution >= 4 is 32.7 Å². The van der Waals surface area contributed by atoms with Crippen LogP contribution < -0.4 is 4.72 Å². The maximum atomic E-state index is 13.3. The standard InChI is InChI=1S/C16H14F4N2O3S2/c1-22(2)15(23)26-11-5-3-10(4-6-11)21-27(24,25)12-7-8-14(17)13(9-12)16(18,19)20/h3-9,21H,1-2H3. The SMILES string of the molecule is CN(C)C(=O)Sc1ccc(NS(=O)(=O)c2ccc(F)c(C(F)(F)F)c2)cc1. The summed E-state index contributed by atoms with van der Waals surface area (Å²) in [5, 5.41) is -0.227. The number of carbonyl (C=O) groups is 1. The molecule has 0 heterocycles. The fourth-order valence-corrected chi connectivity index (χ4v) is 3.63. The van der Waals surface area contributed by atoms with Gasteiger partial charge in [-0.15, -0.1) is 0 Å². The molecule has 1 N–H and O–H groups in total. The molecule has 27 heavy (non-hydrogen) atoms. The van der Waals surface area contributed by atoms with Crippen LogP contribution in [0.2, 0.25) is 0 Å². The van der Waals surface area contributed by atoms with E-state index < -0.39 is 32.5 Å². The Morgan fingerprint density at radius 3 is 2.19 bits per heavy atom. The largest absolute Gasteiger partial charge is 0.419 e. The second-order valence-corrected chi connectivity index (χ2v) is 8.24. The van der Waals surface area contributed by atoms with Crippen molar-refractivity contribution in [2.24, 2.45) is 0 Å². The van der Waals surface area contributed by atoms with Crippen LogP contribution in [0.3, 0.4) is 0 Å². The Bertz CT molecular complexity index is 943. The molecular formula is C16H14F4N2O3S2. The number of sulfonamides is 1. The van der Waals surface area contributed by atoms with Gasteiger partial charge in [-0.25, -0.2) is 12.8 Å². The van der Waals surface area contributed by atoms with Crippen molar-refractivity contribution in [3.05, 3.63) is 53.8 Å². The first kappa shape index (κ1) is 21.0. The van der Waals surface area contributed by atoms with Crippen molar-refractivity contribution in [2.75, 3.05) is 18.8 Å². The van der Waals surface area contributed by atoms with Crippen LogP contribution in [0, 0.1) is 5.82 Å². The molecule has 0 saturated carbocycles. The number of amides is 1. The molecule has 0 atom stereocenters. The number of hydrogen-bond acceptors (Lipinski definition) is 4. The van der Waals surface area contributed by atoms with E-state index in [0.29, 0.717) is 11.0 Å². The van der Waals surface area contributed by atoms with Gasteiger partial charge in [0.2, 0.25) is 0 Å². The molecule has 0 aromatic heterocycles. The highest BCUT2D eigenvalue weighted by Gasteiger charge is 2.35. The molecule has 2 rings (SSSR count). The molecule has 1 amide bonds. The number of anilines is 1. The predicted octanol–water partition coefficient (Wildman–Crippen LogP) is 4.42. The summed E-state index contributed by atoms with van der Waals surface area (Å²) in [6.45, 7) is 0. The minimum atomic E-state index is -5.02. The van der Waals surface area contributed by atoms with Gasteiger partial charge in [0.1, 0.15) is 5.82 Å². The smallest absolute Gasteiger partial charge is 0.339 e. The number of nitrogens with zero attached hydrogens (tertiary/aromatic N) is 1. The Balaban J connectivity index is 2.23. The fourth-order valence-electron chi connectivity index (χ4n) is 1.89. The molecule has 0 saturated heterocycles. The lowest BCUT2D eigenvalue weighted by atomic mass is 10.2. The van der Waals surface area contributed by atoms with Gasteiger partial charge >= 0.3 is 6.18 Å². The van der Waals surface area contributed by atoms with Gasteiger partial charge in [0, 0.05) is 24.7 Å². The Labute approximate surface area is 157 Å². The van der Waals surface area contributed by atoms with Crippen molar-refractivity contribution in [2.45, 2.75) is 16.0 Å². The summed E-state index contributed by atoms with van der Waals surface area (Å²) < 4.78 is 78.3. The van der Waals surface area contributed by atoms with E-state index in [9.17, 15) is 30.8 Å². The Kier molecular flexibility index (Phi) is 6.05. The minimum Gasteiger partial charge on any atom is -0.339 e. The summed E-state index contributed by atoms with van der Waals surface area (Å²) in [6.07, 6.45) is -5.02. The lowest BCUT2D eigenvalue weighted by Gasteiger charge is -2.12. The van der Waals surface area contributed by atoms with Crippen LogP contribution in [0.15, 0.2) is 52.3 Å². The van der Waals surface area contributed by atoms with E-state index >= 15 is 0 Å². The van der Waals surface area contributed by atoms with Crippen LogP contribution >= 0.6 is 11.8 Å². The third-order valence-electron chi connectivity index (χ3n) is 3.23. The molecule has 5 nitrogen and oxygen atoms in total. The summed E-state index contributed by atoms with van der Waals surface area (Å²) in [6, 6.07) is 7.11. The zero-order valence-corrected chi connectivity index (χ0v) is 15.7.